The highest BCUT2D eigenvalue weighted by Gasteiger charge is 2.27. The number of benzene rings is 1. The average molecular weight is 371 g/mol. The minimum atomic E-state index is -3.47. The summed E-state index contributed by atoms with van der Waals surface area (Å²) in [6, 6.07) is 6.02. The molecule has 1 aromatic rings. The van der Waals surface area contributed by atoms with Crippen LogP contribution in [0.1, 0.15) is 37.0 Å². The Hall–Kier alpha value is -1.71. The largest absolute Gasteiger partial charge is 0.359 e. The van der Waals surface area contributed by atoms with Gasteiger partial charge in [-0.05, 0) is 63.2 Å². The number of nitrogens with zero attached hydrogens (tertiary/aromatic N) is 1. The Bertz CT molecular complexity index is 696. The van der Waals surface area contributed by atoms with E-state index >= 15 is 0 Å². The topological polar surface area (TPSA) is 90.5 Å². The molecule has 132 valence electrons. The zero-order valence-electron chi connectivity index (χ0n) is 13.7. The first-order valence-electron chi connectivity index (χ1n) is 7.78. The molecule has 3 N–H and O–H groups in total. The Balaban J connectivity index is 1.98. The van der Waals surface area contributed by atoms with E-state index in [-0.39, 0.29) is 10.9 Å². The highest BCUT2D eigenvalue weighted by atomic mass is 32.2. The summed E-state index contributed by atoms with van der Waals surface area (Å²) in [7, 11) is -3.47. The molecular formula is C15H22N4O3S2. The van der Waals surface area contributed by atoms with E-state index in [9.17, 15) is 13.2 Å². The van der Waals surface area contributed by atoms with Crippen LogP contribution in [-0.4, -0.2) is 42.9 Å². The molecule has 0 radical (unpaired) electrons. The molecule has 1 fully saturated rings. The van der Waals surface area contributed by atoms with Crippen molar-refractivity contribution in [1.29, 1.82) is 0 Å². The summed E-state index contributed by atoms with van der Waals surface area (Å²) in [6.07, 6.45) is 1.77. The number of hydrazine groups is 1. The van der Waals surface area contributed by atoms with Crippen molar-refractivity contribution in [3.8, 4) is 0 Å². The van der Waals surface area contributed by atoms with Gasteiger partial charge in [0.05, 0.1) is 4.90 Å². The molecule has 1 aliphatic heterocycles. The van der Waals surface area contributed by atoms with Gasteiger partial charge in [0, 0.05) is 24.7 Å². The van der Waals surface area contributed by atoms with Gasteiger partial charge in [-0.1, -0.05) is 0 Å². The molecule has 0 aromatic heterocycles. The van der Waals surface area contributed by atoms with Crippen molar-refractivity contribution in [2.24, 2.45) is 0 Å². The Morgan fingerprint density at radius 2 is 1.71 bits per heavy atom. The maximum atomic E-state index is 12.4. The summed E-state index contributed by atoms with van der Waals surface area (Å²) in [4.78, 5) is 12.2. The maximum Gasteiger partial charge on any atom is 0.269 e. The van der Waals surface area contributed by atoms with Gasteiger partial charge in [-0.3, -0.25) is 15.6 Å². The predicted octanol–water partition coefficient (Wildman–Crippen LogP) is 0.988. The maximum absolute atomic E-state index is 12.4. The molecule has 0 atom stereocenters. The summed E-state index contributed by atoms with van der Waals surface area (Å²) < 4.78 is 26.3. The molecule has 1 aliphatic rings. The first-order chi connectivity index (χ1) is 11.3. The molecule has 0 aliphatic carbocycles. The van der Waals surface area contributed by atoms with Crippen LogP contribution in [0, 0.1) is 0 Å². The lowest BCUT2D eigenvalue weighted by atomic mass is 10.2. The fourth-order valence-electron chi connectivity index (χ4n) is 2.34. The Kier molecular flexibility index (Phi) is 6.14. The number of nitrogens with one attached hydrogen (secondary N) is 3. The third-order valence-corrected chi connectivity index (χ3v) is 5.66. The van der Waals surface area contributed by atoms with E-state index in [0.717, 1.165) is 12.8 Å². The molecular weight excluding hydrogens is 348 g/mol. The lowest BCUT2D eigenvalue weighted by Gasteiger charge is -2.16. The monoisotopic (exact) mass is 370 g/mol. The van der Waals surface area contributed by atoms with Crippen molar-refractivity contribution >= 4 is 33.3 Å². The van der Waals surface area contributed by atoms with E-state index in [0.29, 0.717) is 23.8 Å². The van der Waals surface area contributed by atoms with Gasteiger partial charge >= 0.3 is 0 Å². The van der Waals surface area contributed by atoms with Crippen molar-refractivity contribution in [2.75, 3.05) is 13.1 Å². The lowest BCUT2D eigenvalue weighted by molar-refractivity contribution is 0.0943. The van der Waals surface area contributed by atoms with Gasteiger partial charge in [-0.25, -0.2) is 8.42 Å². The molecule has 24 heavy (non-hydrogen) atoms. The highest BCUT2D eigenvalue weighted by Crippen LogP contribution is 2.20. The number of carbonyl (C=O) groups is 1. The van der Waals surface area contributed by atoms with E-state index in [2.05, 4.69) is 16.2 Å². The van der Waals surface area contributed by atoms with Gasteiger partial charge in [0.2, 0.25) is 10.0 Å². The van der Waals surface area contributed by atoms with Crippen LogP contribution in [0.4, 0.5) is 0 Å². The van der Waals surface area contributed by atoms with E-state index < -0.39 is 15.9 Å². The van der Waals surface area contributed by atoms with E-state index in [1.54, 1.807) is 0 Å². The standard InChI is InChI=1S/C15H22N4O3S2/c1-11(2)16-15(23)18-17-14(20)12-5-7-13(8-6-12)24(21,22)19-9-3-4-10-19/h5-8,11H,3-4,9-10H2,1-2H3,(H,17,20)(H2,16,18,23). The van der Waals surface area contributed by atoms with Gasteiger partial charge in [0.25, 0.3) is 5.91 Å². The molecule has 1 aromatic carbocycles. The van der Waals surface area contributed by atoms with Gasteiger partial charge in [-0.15, -0.1) is 0 Å². The van der Waals surface area contributed by atoms with Crippen LogP contribution in [-0.2, 0) is 10.0 Å². The fourth-order valence-corrected chi connectivity index (χ4v) is 4.14. The number of rotatable bonds is 4. The molecule has 0 spiro atoms. The molecule has 0 saturated carbocycles. The molecule has 0 unspecified atom stereocenters. The van der Waals surface area contributed by atoms with Gasteiger partial charge < -0.3 is 5.32 Å². The molecule has 1 saturated heterocycles. The first-order valence-corrected chi connectivity index (χ1v) is 9.62. The zero-order chi connectivity index (χ0) is 17.7. The second kappa shape index (κ2) is 7.91. The van der Waals surface area contributed by atoms with Gasteiger partial charge in [-0.2, -0.15) is 4.31 Å². The van der Waals surface area contributed by atoms with Crippen molar-refractivity contribution in [1.82, 2.24) is 20.5 Å². The summed E-state index contributed by atoms with van der Waals surface area (Å²) >= 11 is 5.01. The molecule has 1 heterocycles. The quantitative estimate of drug-likeness (QED) is 0.541. The Morgan fingerprint density at radius 1 is 1.12 bits per heavy atom. The molecule has 1 amide bonds. The van der Waals surface area contributed by atoms with Crippen molar-refractivity contribution in [2.45, 2.75) is 37.6 Å². The van der Waals surface area contributed by atoms with Crippen LogP contribution >= 0.6 is 12.2 Å². The number of thiocarbonyl (C=S) groups is 1. The number of hydrogen-bond acceptors (Lipinski definition) is 4. The van der Waals surface area contributed by atoms with Gasteiger partial charge in [0.1, 0.15) is 0 Å². The van der Waals surface area contributed by atoms with Crippen molar-refractivity contribution in [3.63, 3.8) is 0 Å². The Morgan fingerprint density at radius 3 is 2.25 bits per heavy atom. The summed E-state index contributed by atoms with van der Waals surface area (Å²) in [6.45, 7) is 4.95. The van der Waals surface area contributed by atoms with Crippen LogP contribution in [0.15, 0.2) is 29.2 Å². The lowest BCUT2D eigenvalue weighted by Crippen LogP contribution is -2.48. The minimum absolute atomic E-state index is 0.150. The number of amides is 1. The summed E-state index contributed by atoms with van der Waals surface area (Å²) in [5.74, 6) is -0.395. The summed E-state index contributed by atoms with van der Waals surface area (Å²) in [5.41, 5.74) is 5.40. The second-order valence-corrected chi connectivity index (χ2v) is 8.19. The van der Waals surface area contributed by atoms with Crippen LogP contribution in [0.5, 0.6) is 0 Å². The molecule has 7 nitrogen and oxygen atoms in total. The van der Waals surface area contributed by atoms with Crippen LogP contribution in [0.2, 0.25) is 0 Å². The van der Waals surface area contributed by atoms with Crippen LogP contribution in [0.25, 0.3) is 0 Å². The fraction of sp³-hybridized carbons (Fsp3) is 0.467. The average Bonchev–Trinajstić information content (AvgIpc) is 3.07. The van der Waals surface area contributed by atoms with Crippen LogP contribution in [0.3, 0.4) is 0 Å². The third kappa shape index (κ3) is 4.65. The smallest absolute Gasteiger partial charge is 0.269 e. The van der Waals surface area contributed by atoms with Crippen molar-refractivity contribution < 1.29 is 13.2 Å². The number of sulfonamides is 1. The van der Waals surface area contributed by atoms with E-state index in [1.807, 2.05) is 13.8 Å². The third-order valence-electron chi connectivity index (χ3n) is 3.53. The highest BCUT2D eigenvalue weighted by molar-refractivity contribution is 7.89. The molecule has 9 heteroatoms. The zero-order valence-corrected chi connectivity index (χ0v) is 15.3. The Labute approximate surface area is 147 Å². The van der Waals surface area contributed by atoms with Gasteiger partial charge in [0.15, 0.2) is 5.11 Å². The molecule has 2 rings (SSSR count). The van der Waals surface area contributed by atoms with E-state index in [1.165, 1.54) is 28.6 Å². The van der Waals surface area contributed by atoms with Crippen LogP contribution < -0.4 is 16.2 Å². The first kappa shape index (κ1) is 18.6. The minimum Gasteiger partial charge on any atom is -0.359 e. The SMILES string of the molecule is CC(C)NC(=S)NNC(=O)c1ccc(S(=O)(=O)N2CCCC2)cc1. The van der Waals surface area contributed by atoms with Crippen molar-refractivity contribution in [3.05, 3.63) is 29.8 Å². The molecule has 0 bridgehead atoms. The summed E-state index contributed by atoms with van der Waals surface area (Å²) in [5, 5.41) is 3.24. The predicted molar refractivity (Wildman–Crippen MR) is 95.9 cm³/mol. The van der Waals surface area contributed by atoms with E-state index in [4.69, 9.17) is 12.2 Å². The normalized spacial score (nSPS) is 15.3. The second-order valence-electron chi connectivity index (χ2n) is 5.84. The number of hydrogen-bond donors (Lipinski definition) is 3. The number of carbonyl (C=O) groups excluding carboxylic acids is 1.